The Balaban J connectivity index is 1.42. The quantitative estimate of drug-likeness (QED) is 0.226. The zero-order chi connectivity index (χ0) is 24.8. The number of halogens is 3. The largest absolute Gasteiger partial charge is 0.493 e. The van der Waals surface area contributed by atoms with Gasteiger partial charge in [-0.05, 0) is 48.7 Å². The molecule has 180 valence electrons. The SMILES string of the molecule is CCCCOc1ccc(-c2ccc(OCc3ccc(-c4ccc(C)cc4)c(F)c3F)cc2)c(F)c1. The Morgan fingerprint density at radius 2 is 1.29 bits per heavy atom. The Kier molecular flexibility index (Phi) is 7.76. The Labute approximate surface area is 204 Å². The van der Waals surface area contributed by atoms with E-state index >= 15 is 0 Å². The van der Waals surface area contributed by atoms with Crippen molar-refractivity contribution in [2.24, 2.45) is 0 Å². The molecule has 5 heteroatoms. The molecule has 0 heterocycles. The van der Waals surface area contributed by atoms with Crippen molar-refractivity contribution in [3.05, 3.63) is 107 Å². The van der Waals surface area contributed by atoms with E-state index in [-0.39, 0.29) is 23.6 Å². The molecule has 0 unspecified atom stereocenters. The fraction of sp³-hybridized carbons (Fsp3) is 0.200. The van der Waals surface area contributed by atoms with Crippen molar-refractivity contribution in [1.82, 2.24) is 0 Å². The summed E-state index contributed by atoms with van der Waals surface area (Å²) in [5.74, 6) is -1.23. The van der Waals surface area contributed by atoms with Crippen LogP contribution in [0.5, 0.6) is 11.5 Å². The van der Waals surface area contributed by atoms with Crippen molar-refractivity contribution in [3.8, 4) is 33.8 Å². The zero-order valence-electron chi connectivity index (χ0n) is 19.8. The lowest BCUT2D eigenvalue weighted by molar-refractivity contribution is 0.297. The lowest BCUT2D eigenvalue weighted by Crippen LogP contribution is -2.02. The monoisotopic (exact) mass is 476 g/mol. The summed E-state index contributed by atoms with van der Waals surface area (Å²) in [6.45, 7) is 4.43. The van der Waals surface area contributed by atoms with Gasteiger partial charge >= 0.3 is 0 Å². The van der Waals surface area contributed by atoms with Gasteiger partial charge in [0, 0.05) is 22.8 Å². The first-order chi connectivity index (χ1) is 17.0. The topological polar surface area (TPSA) is 18.5 Å². The first-order valence-electron chi connectivity index (χ1n) is 11.7. The summed E-state index contributed by atoms with van der Waals surface area (Å²) in [7, 11) is 0. The van der Waals surface area contributed by atoms with Crippen LogP contribution in [0, 0.1) is 24.4 Å². The molecule has 0 fully saturated rings. The molecule has 0 saturated carbocycles. The van der Waals surface area contributed by atoms with Gasteiger partial charge in [0.1, 0.15) is 23.9 Å². The highest BCUT2D eigenvalue weighted by atomic mass is 19.2. The molecule has 0 aliphatic carbocycles. The summed E-state index contributed by atoms with van der Waals surface area (Å²) in [6, 6.07) is 21.9. The number of unbranched alkanes of at least 4 members (excludes halogenated alkanes) is 1. The third-order valence-corrected chi connectivity index (χ3v) is 5.79. The highest BCUT2D eigenvalue weighted by molar-refractivity contribution is 5.66. The van der Waals surface area contributed by atoms with Crippen molar-refractivity contribution < 1.29 is 22.6 Å². The van der Waals surface area contributed by atoms with Gasteiger partial charge < -0.3 is 9.47 Å². The van der Waals surface area contributed by atoms with Crippen LogP contribution in [0.15, 0.2) is 78.9 Å². The standard InChI is InChI=1S/C30H27F3O2/c1-3-4-17-34-25-14-16-26(28(31)18-25)21-9-12-24(13-10-21)35-19-23-11-15-27(30(33)29(23)32)22-7-5-20(2)6-8-22/h5-16,18H,3-4,17,19H2,1-2H3. The molecule has 0 aromatic heterocycles. The molecule has 0 bridgehead atoms. The minimum absolute atomic E-state index is 0.118. The van der Waals surface area contributed by atoms with Crippen LogP contribution >= 0.6 is 0 Å². The molecular formula is C30H27F3O2. The minimum atomic E-state index is -0.928. The van der Waals surface area contributed by atoms with Gasteiger partial charge in [-0.25, -0.2) is 13.2 Å². The predicted octanol–water partition coefficient (Wildman–Crippen LogP) is 8.50. The van der Waals surface area contributed by atoms with Gasteiger partial charge in [0.2, 0.25) is 0 Å². The molecule has 0 saturated heterocycles. The second-order valence-corrected chi connectivity index (χ2v) is 8.42. The molecule has 2 nitrogen and oxygen atoms in total. The normalized spacial score (nSPS) is 10.9. The van der Waals surface area contributed by atoms with E-state index in [4.69, 9.17) is 9.47 Å². The van der Waals surface area contributed by atoms with Crippen molar-refractivity contribution in [2.75, 3.05) is 6.61 Å². The highest BCUT2D eigenvalue weighted by Crippen LogP contribution is 2.30. The van der Waals surface area contributed by atoms with Crippen LogP contribution < -0.4 is 9.47 Å². The van der Waals surface area contributed by atoms with E-state index in [1.54, 1.807) is 54.6 Å². The number of aryl methyl sites for hydroxylation is 1. The molecule has 0 amide bonds. The molecule has 0 N–H and O–H groups in total. The second-order valence-electron chi connectivity index (χ2n) is 8.42. The summed E-state index contributed by atoms with van der Waals surface area (Å²) < 4.78 is 55.2. The number of rotatable bonds is 9. The Morgan fingerprint density at radius 1 is 0.657 bits per heavy atom. The van der Waals surface area contributed by atoms with E-state index in [0.717, 1.165) is 18.4 Å². The van der Waals surface area contributed by atoms with Crippen molar-refractivity contribution >= 4 is 0 Å². The first-order valence-corrected chi connectivity index (χ1v) is 11.7. The van der Waals surface area contributed by atoms with Gasteiger partial charge in [-0.2, -0.15) is 0 Å². The van der Waals surface area contributed by atoms with Crippen molar-refractivity contribution in [2.45, 2.75) is 33.3 Å². The molecule has 0 aliphatic heterocycles. The third-order valence-electron chi connectivity index (χ3n) is 5.79. The smallest absolute Gasteiger partial charge is 0.167 e. The van der Waals surface area contributed by atoms with Crippen LogP contribution in [-0.2, 0) is 6.61 Å². The Morgan fingerprint density at radius 3 is 1.97 bits per heavy atom. The Bertz CT molecular complexity index is 1280. The van der Waals surface area contributed by atoms with Crippen LogP contribution in [-0.4, -0.2) is 6.61 Å². The molecule has 4 aromatic rings. The summed E-state index contributed by atoms with van der Waals surface area (Å²) in [4.78, 5) is 0. The average molecular weight is 477 g/mol. The van der Waals surface area contributed by atoms with Crippen LogP contribution in [0.1, 0.15) is 30.9 Å². The first kappa shape index (κ1) is 24.4. The van der Waals surface area contributed by atoms with E-state index in [0.29, 0.717) is 34.8 Å². The lowest BCUT2D eigenvalue weighted by atomic mass is 10.0. The molecule has 4 rings (SSSR count). The second kappa shape index (κ2) is 11.1. The fourth-order valence-corrected chi connectivity index (χ4v) is 3.70. The van der Waals surface area contributed by atoms with Gasteiger partial charge in [0.05, 0.1) is 6.61 Å². The van der Waals surface area contributed by atoms with Crippen LogP contribution in [0.2, 0.25) is 0 Å². The summed E-state index contributed by atoms with van der Waals surface area (Å²) >= 11 is 0. The average Bonchev–Trinajstić information content (AvgIpc) is 2.86. The molecule has 0 radical (unpaired) electrons. The predicted molar refractivity (Wildman–Crippen MR) is 133 cm³/mol. The summed E-state index contributed by atoms with van der Waals surface area (Å²) in [5.41, 5.74) is 3.10. The fourth-order valence-electron chi connectivity index (χ4n) is 3.70. The van der Waals surface area contributed by atoms with Crippen LogP contribution in [0.25, 0.3) is 22.3 Å². The number of hydrogen-bond acceptors (Lipinski definition) is 2. The molecule has 4 aromatic carbocycles. The maximum atomic E-state index is 14.7. The molecule has 35 heavy (non-hydrogen) atoms. The Hall–Kier alpha value is -3.73. The van der Waals surface area contributed by atoms with Gasteiger partial charge in [-0.1, -0.05) is 67.4 Å². The molecule has 0 spiro atoms. The number of ether oxygens (including phenoxy) is 2. The summed E-state index contributed by atoms with van der Waals surface area (Å²) in [6.07, 6.45) is 1.92. The van der Waals surface area contributed by atoms with E-state index in [2.05, 4.69) is 6.92 Å². The maximum Gasteiger partial charge on any atom is 0.167 e. The lowest BCUT2D eigenvalue weighted by Gasteiger charge is -2.12. The van der Waals surface area contributed by atoms with Gasteiger partial charge in [0.15, 0.2) is 11.6 Å². The van der Waals surface area contributed by atoms with Gasteiger partial charge in [0.25, 0.3) is 0 Å². The summed E-state index contributed by atoms with van der Waals surface area (Å²) in [5, 5.41) is 0. The minimum Gasteiger partial charge on any atom is -0.493 e. The van der Waals surface area contributed by atoms with Crippen LogP contribution in [0.3, 0.4) is 0 Å². The molecular weight excluding hydrogens is 449 g/mol. The van der Waals surface area contributed by atoms with Gasteiger partial charge in [-0.15, -0.1) is 0 Å². The van der Waals surface area contributed by atoms with Crippen molar-refractivity contribution in [1.29, 1.82) is 0 Å². The van der Waals surface area contributed by atoms with E-state index in [1.807, 2.05) is 19.1 Å². The van der Waals surface area contributed by atoms with Crippen molar-refractivity contribution in [3.63, 3.8) is 0 Å². The van der Waals surface area contributed by atoms with E-state index in [9.17, 15) is 13.2 Å². The zero-order valence-corrected chi connectivity index (χ0v) is 19.8. The number of benzene rings is 4. The van der Waals surface area contributed by atoms with Gasteiger partial charge in [-0.3, -0.25) is 0 Å². The number of hydrogen-bond donors (Lipinski definition) is 0. The molecule has 0 aliphatic rings. The van der Waals surface area contributed by atoms with E-state index in [1.165, 1.54) is 12.1 Å². The van der Waals surface area contributed by atoms with Crippen LogP contribution in [0.4, 0.5) is 13.2 Å². The third kappa shape index (κ3) is 5.86. The molecule has 0 atom stereocenters. The maximum absolute atomic E-state index is 14.7. The highest BCUT2D eigenvalue weighted by Gasteiger charge is 2.15. The van der Waals surface area contributed by atoms with E-state index < -0.39 is 11.6 Å².